The molecule has 1 atom stereocenters. The Morgan fingerprint density at radius 2 is 2.12 bits per heavy atom. The summed E-state index contributed by atoms with van der Waals surface area (Å²) in [7, 11) is 1.62. The van der Waals surface area contributed by atoms with E-state index in [0.717, 1.165) is 25.0 Å². The maximum atomic E-state index is 13.3. The lowest BCUT2D eigenvalue weighted by atomic mass is 10.0. The minimum absolute atomic E-state index is 0.161. The summed E-state index contributed by atoms with van der Waals surface area (Å²) < 4.78 is 31.0. The van der Waals surface area contributed by atoms with Crippen molar-refractivity contribution in [2.75, 3.05) is 13.7 Å². The molecular weight excluding hydrogens is 212 g/mol. The number of benzene rings is 1. The zero-order valence-corrected chi connectivity index (χ0v) is 9.38. The summed E-state index contributed by atoms with van der Waals surface area (Å²) in [5.41, 5.74) is 6.16. The summed E-state index contributed by atoms with van der Waals surface area (Å²) in [5, 5.41) is 0. The molecule has 0 radical (unpaired) electrons. The number of hydrogen-bond donors (Lipinski definition) is 1. The summed E-state index contributed by atoms with van der Waals surface area (Å²) in [5.74, 6) is -0.830. The van der Waals surface area contributed by atoms with Gasteiger partial charge in [0.2, 0.25) is 0 Å². The van der Waals surface area contributed by atoms with E-state index in [1.807, 2.05) is 0 Å². The molecule has 0 saturated carbocycles. The van der Waals surface area contributed by atoms with E-state index in [2.05, 4.69) is 0 Å². The second-order valence-electron chi connectivity index (χ2n) is 3.83. The van der Waals surface area contributed by atoms with Crippen molar-refractivity contribution >= 4 is 0 Å². The maximum Gasteiger partial charge on any atom is 0.126 e. The molecule has 0 bridgehead atoms. The van der Waals surface area contributed by atoms with Gasteiger partial charge in [0, 0.05) is 19.8 Å². The standard InChI is InChI=1S/C12H17F2NO/c1-16-6-2-3-11(15)8-9-7-10(13)4-5-12(9)14/h4-5,7,11H,2-3,6,8,15H2,1H3. The van der Waals surface area contributed by atoms with Crippen LogP contribution in [0.5, 0.6) is 0 Å². The highest BCUT2D eigenvalue weighted by molar-refractivity contribution is 5.19. The van der Waals surface area contributed by atoms with Crippen molar-refractivity contribution < 1.29 is 13.5 Å². The molecular formula is C12H17F2NO. The monoisotopic (exact) mass is 229 g/mol. The third kappa shape index (κ3) is 4.24. The molecule has 0 aliphatic rings. The molecule has 1 aromatic rings. The number of hydrogen-bond acceptors (Lipinski definition) is 2. The van der Waals surface area contributed by atoms with Gasteiger partial charge in [-0.3, -0.25) is 0 Å². The number of rotatable bonds is 6. The molecule has 0 aliphatic carbocycles. The fourth-order valence-electron chi connectivity index (χ4n) is 1.57. The lowest BCUT2D eigenvalue weighted by Gasteiger charge is -2.11. The van der Waals surface area contributed by atoms with Crippen LogP contribution in [0.4, 0.5) is 8.78 Å². The van der Waals surface area contributed by atoms with Crippen molar-refractivity contribution in [2.45, 2.75) is 25.3 Å². The Balaban J connectivity index is 2.48. The molecule has 1 unspecified atom stereocenters. The first-order valence-electron chi connectivity index (χ1n) is 5.32. The van der Waals surface area contributed by atoms with Crippen molar-refractivity contribution in [1.82, 2.24) is 0 Å². The van der Waals surface area contributed by atoms with E-state index in [1.165, 1.54) is 6.07 Å². The van der Waals surface area contributed by atoms with Crippen LogP contribution in [0, 0.1) is 11.6 Å². The van der Waals surface area contributed by atoms with E-state index in [0.29, 0.717) is 18.6 Å². The predicted octanol–water partition coefficient (Wildman–Crippen LogP) is 2.26. The van der Waals surface area contributed by atoms with Crippen molar-refractivity contribution in [3.05, 3.63) is 35.4 Å². The summed E-state index contributed by atoms with van der Waals surface area (Å²) in [4.78, 5) is 0. The van der Waals surface area contributed by atoms with Crippen LogP contribution >= 0.6 is 0 Å². The first kappa shape index (κ1) is 13.1. The van der Waals surface area contributed by atoms with Crippen LogP contribution in [0.15, 0.2) is 18.2 Å². The van der Waals surface area contributed by atoms with E-state index >= 15 is 0 Å². The minimum atomic E-state index is -0.430. The van der Waals surface area contributed by atoms with Crippen molar-refractivity contribution in [3.8, 4) is 0 Å². The Kier molecular flexibility index (Phi) is 5.35. The molecule has 1 rings (SSSR count). The van der Waals surface area contributed by atoms with Crippen LogP contribution in [0.3, 0.4) is 0 Å². The average molecular weight is 229 g/mol. The highest BCUT2D eigenvalue weighted by atomic mass is 19.1. The summed E-state index contributed by atoms with van der Waals surface area (Å²) in [6.07, 6.45) is 1.92. The van der Waals surface area contributed by atoms with Crippen LogP contribution in [-0.4, -0.2) is 19.8 Å². The molecule has 0 spiro atoms. The largest absolute Gasteiger partial charge is 0.385 e. The number of halogens is 2. The van der Waals surface area contributed by atoms with Gasteiger partial charge < -0.3 is 10.5 Å². The van der Waals surface area contributed by atoms with E-state index in [9.17, 15) is 8.78 Å². The van der Waals surface area contributed by atoms with Crippen LogP contribution < -0.4 is 5.73 Å². The lowest BCUT2D eigenvalue weighted by Crippen LogP contribution is -2.23. The molecule has 0 aromatic heterocycles. The smallest absolute Gasteiger partial charge is 0.126 e. The predicted molar refractivity (Wildman–Crippen MR) is 59.1 cm³/mol. The van der Waals surface area contributed by atoms with Crippen LogP contribution in [0.25, 0.3) is 0 Å². The zero-order valence-electron chi connectivity index (χ0n) is 9.38. The highest BCUT2D eigenvalue weighted by Gasteiger charge is 2.09. The van der Waals surface area contributed by atoms with Crippen LogP contribution in [-0.2, 0) is 11.2 Å². The molecule has 0 amide bonds. The molecule has 0 saturated heterocycles. The van der Waals surface area contributed by atoms with Gasteiger partial charge in [-0.2, -0.15) is 0 Å². The Morgan fingerprint density at radius 1 is 1.38 bits per heavy atom. The second-order valence-corrected chi connectivity index (χ2v) is 3.83. The summed E-state index contributed by atoms with van der Waals surface area (Å²) in [6, 6.07) is 3.28. The third-order valence-electron chi connectivity index (χ3n) is 2.41. The molecule has 4 heteroatoms. The van der Waals surface area contributed by atoms with Crippen molar-refractivity contribution in [1.29, 1.82) is 0 Å². The molecule has 0 heterocycles. The zero-order chi connectivity index (χ0) is 12.0. The van der Waals surface area contributed by atoms with Crippen LogP contribution in [0.2, 0.25) is 0 Å². The van der Waals surface area contributed by atoms with E-state index < -0.39 is 11.6 Å². The minimum Gasteiger partial charge on any atom is -0.385 e. The van der Waals surface area contributed by atoms with Gasteiger partial charge in [0.15, 0.2) is 0 Å². The highest BCUT2D eigenvalue weighted by Crippen LogP contribution is 2.12. The van der Waals surface area contributed by atoms with E-state index in [-0.39, 0.29) is 6.04 Å². The normalized spacial score (nSPS) is 12.8. The molecule has 90 valence electrons. The van der Waals surface area contributed by atoms with Gasteiger partial charge in [-0.15, -0.1) is 0 Å². The molecule has 2 nitrogen and oxygen atoms in total. The van der Waals surface area contributed by atoms with Gasteiger partial charge in [0.05, 0.1) is 0 Å². The van der Waals surface area contributed by atoms with E-state index in [1.54, 1.807) is 7.11 Å². The van der Waals surface area contributed by atoms with E-state index in [4.69, 9.17) is 10.5 Å². The molecule has 16 heavy (non-hydrogen) atoms. The van der Waals surface area contributed by atoms with Gasteiger partial charge >= 0.3 is 0 Å². The van der Waals surface area contributed by atoms with Gasteiger partial charge in [-0.05, 0) is 43.0 Å². The average Bonchev–Trinajstić information content (AvgIpc) is 2.24. The quantitative estimate of drug-likeness (QED) is 0.759. The second kappa shape index (κ2) is 6.55. The molecule has 0 aliphatic heterocycles. The lowest BCUT2D eigenvalue weighted by molar-refractivity contribution is 0.190. The number of nitrogens with two attached hydrogens (primary N) is 1. The van der Waals surface area contributed by atoms with Gasteiger partial charge in [0.1, 0.15) is 11.6 Å². The van der Waals surface area contributed by atoms with Gasteiger partial charge in [-0.1, -0.05) is 0 Å². The first-order chi connectivity index (χ1) is 7.63. The summed E-state index contributed by atoms with van der Waals surface area (Å²) in [6.45, 7) is 0.638. The molecule has 2 N–H and O–H groups in total. The fourth-order valence-corrected chi connectivity index (χ4v) is 1.57. The molecule has 1 aromatic carbocycles. The van der Waals surface area contributed by atoms with Gasteiger partial charge in [0.25, 0.3) is 0 Å². The van der Waals surface area contributed by atoms with Crippen LogP contribution in [0.1, 0.15) is 18.4 Å². The van der Waals surface area contributed by atoms with Gasteiger partial charge in [-0.25, -0.2) is 8.78 Å². The SMILES string of the molecule is COCCCC(N)Cc1cc(F)ccc1F. The molecule has 0 fully saturated rings. The Labute approximate surface area is 94.4 Å². The fraction of sp³-hybridized carbons (Fsp3) is 0.500. The first-order valence-corrected chi connectivity index (χ1v) is 5.32. The Bertz CT molecular complexity index is 331. The third-order valence-corrected chi connectivity index (χ3v) is 2.41. The number of ether oxygens (including phenoxy) is 1. The van der Waals surface area contributed by atoms with Crippen molar-refractivity contribution in [2.24, 2.45) is 5.73 Å². The Hall–Kier alpha value is -1.00. The Morgan fingerprint density at radius 3 is 2.81 bits per heavy atom. The topological polar surface area (TPSA) is 35.2 Å². The maximum absolute atomic E-state index is 13.3. The number of methoxy groups -OCH3 is 1. The summed E-state index contributed by atoms with van der Waals surface area (Å²) >= 11 is 0. The van der Waals surface area contributed by atoms with Crippen molar-refractivity contribution in [3.63, 3.8) is 0 Å².